The van der Waals surface area contributed by atoms with Crippen LogP contribution in [0.2, 0.25) is 0 Å². The fourth-order valence-electron chi connectivity index (χ4n) is 1.57. The molecule has 0 atom stereocenters. The highest BCUT2D eigenvalue weighted by Crippen LogP contribution is 2.25. The molecule has 0 unspecified atom stereocenters. The van der Waals surface area contributed by atoms with E-state index in [2.05, 4.69) is 25.9 Å². The summed E-state index contributed by atoms with van der Waals surface area (Å²) in [6.45, 7) is 0.430. The van der Waals surface area contributed by atoms with Crippen LogP contribution in [-0.4, -0.2) is 29.1 Å². The van der Waals surface area contributed by atoms with Crippen molar-refractivity contribution in [2.24, 2.45) is 5.73 Å². The first-order valence-electron chi connectivity index (χ1n) is 6.34. The Hall–Kier alpha value is -2.22. The molecule has 0 saturated carbocycles. The average Bonchev–Trinajstić information content (AvgIpc) is 2.48. The number of hydrogen-bond acceptors (Lipinski definition) is 5. The number of nitrogens with two attached hydrogens (primary N) is 1. The third kappa shape index (κ3) is 4.96. The lowest BCUT2D eigenvalue weighted by atomic mass is 10.3. The van der Waals surface area contributed by atoms with Crippen molar-refractivity contribution >= 4 is 21.8 Å². The minimum Gasteiger partial charge on any atom is -0.489 e. The van der Waals surface area contributed by atoms with E-state index in [1.165, 1.54) is 24.5 Å². The fraction of sp³-hybridized carbons (Fsp3) is 0.214. The van der Waals surface area contributed by atoms with Crippen molar-refractivity contribution in [3.63, 3.8) is 0 Å². The minimum atomic E-state index is -0.475. The number of benzene rings is 1. The SMILES string of the molecule is NC(=O)Cc1cnc(OCCOc2cc(F)ccc2Br)cn1. The van der Waals surface area contributed by atoms with Crippen LogP contribution in [0.15, 0.2) is 35.1 Å². The molecule has 6 nitrogen and oxygen atoms in total. The molecule has 0 fully saturated rings. The van der Waals surface area contributed by atoms with Crippen LogP contribution in [0.5, 0.6) is 11.6 Å². The number of halogens is 2. The summed E-state index contributed by atoms with van der Waals surface area (Å²) in [6, 6.07) is 4.17. The van der Waals surface area contributed by atoms with Gasteiger partial charge in [-0.3, -0.25) is 9.78 Å². The number of nitrogens with zero attached hydrogens (tertiary/aromatic N) is 2. The van der Waals surface area contributed by atoms with Gasteiger partial charge >= 0.3 is 0 Å². The van der Waals surface area contributed by atoms with E-state index in [-0.39, 0.29) is 25.5 Å². The van der Waals surface area contributed by atoms with Crippen molar-refractivity contribution in [1.29, 1.82) is 0 Å². The number of aromatic nitrogens is 2. The highest BCUT2D eigenvalue weighted by atomic mass is 79.9. The Labute approximate surface area is 134 Å². The topological polar surface area (TPSA) is 87.3 Å². The lowest BCUT2D eigenvalue weighted by Gasteiger charge is -2.09. The van der Waals surface area contributed by atoms with E-state index in [1.54, 1.807) is 6.07 Å². The molecule has 0 aliphatic heterocycles. The molecular formula is C14H13BrFN3O3. The molecule has 116 valence electrons. The summed E-state index contributed by atoms with van der Waals surface area (Å²) < 4.78 is 24.5. The Kier molecular flexibility index (Phi) is 5.65. The molecule has 0 saturated heterocycles. The molecule has 1 heterocycles. The summed E-state index contributed by atoms with van der Waals surface area (Å²) in [7, 11) is 0. The number of carbonyl (C=O) groups is 1. The second kappa shape index (κ2) is 7.69. The van der Waals surface area contributed by atoms with E-state index in [0.29, 0.717) is 21.8 Å². The van der Waals surface area contributed by atoms with Gasteiger partial charge in [-0.2, -0.15) is 0 Å². The number of amides is 1. The maximum Gasteiger partial charge on any atom is 0.232 e. The predicted octanol–water partition coefficient (Wildman–Crippen LogP) is 1.86. The molecule has 1 aromatic carbocycles. The molecular weight excluding hydrogens is 357 g/mol. The van der Waals surface area contributed by atoms with Gasteiger partial charge in [0, 0.05) is 6.07 Å². The molecule has 1 aromatic heterocycles. The summed E-state index contributed by atoms with van der Waals surface area (Å²) in [6.07, 6.45) is 2.85. The van der Waals surface area contributed by atoms with Crippen LogP contribution in [0.4, 0.5) is 4.39 Å². The first-order valence-corrected chi connectivity index (χ1v) is 7.14. The van der Waals surface area contributed by atoms with Crippen LogP contribution in [0, 0.1) is 5.82 Å². The average molecular weight is 370 g/mol. The van der Waals surface area contributed by atoms with Gasteiger partial charge < -0.3 is 15.2 Å². The molecule has 2 N–H and O–H groups in total. The second-order valence-corrected chi connectivity index (χ2v) is 5.12. The van der Waals surface area contributed by atoms with E-state index in [4.69, 9.17) is 15.2 Å². The third-order valence-corrected chi connectivity index (χ3v) is 3.18. The monoisotopic (exact) mass is 369 g/mol. The van der Waals surface area contributed by atoms with E-state index >= 15 is 0 Å². The molecule has 0 spiro atoms. The summed E-state index contributed by atoms with van der Waals surface area (Å²) in [5.74, 6) is -0.159. The Morgan fingerprint density at radius 1 is 1.23 bits per heavy atom. The molecule has 8 heteroatoms. The lowest BCUT2D eigenvalue weighted by Crippen LogP contribution is -2.15. The lowest BCUT2D eigenvalue weighted by molar-refractivity contribution is -0.117. The smallest absolute Gasteiger partial charge is 0.232 e. The van der Waals surface area contributed by atoms with Crippen LogP contribution in [0.1, 0.15) is 5.69 Å². The molecule has 22 heavy (non-hydrogen) atoms. The molecule has 0 aliphatic carbocycles. The van der Waals surface area contributed by atoms with E-state index < -0.39 is 5.91 Å². The molecule has 0 bridgehead atoms. The van der Waals surface area contributed by atoms with E-state index in [1.807, 2.05) is 0 Å². The summed E-state index contributed by atoms with van der Waals surface area (Å²) in [4.78, 5) is 18.7. The summed E-state index contributed by atoms with van der Waals surface area (Å²) in [5.41, 5.74) is 5.53. The Morgan fingerprint density at radius 3 is 2.68 bits per heavy atom. The molecule has 2 rings (SSSR count). The van der Waals surface area contributed by atoms with Gasteiger partial charge in [-0.05, 0) is 28.1 Å². The van der Waals surface area contributed by atoms with Gasteiger partial charge in [-0.25, -0.2) is 9.37 Å². The molecule has 0 aliphatic rings. The molecule has 0 radical (unpaired) electrons. The largest absolute Gasteiger partial charge is 0.489 e. The van der Waals surface area contributed by atoms with Gasteiger partial charge in [0.2, 0.25) is 11.8 Å². The Balaban J connectivity index is 1.79. The summed E-state index contributed by atoms with van der Waals surface area (Å²) >= 11 is 3.26. The van der Waals surface area contributed by atoms with Gasteiger partial charge in [0.25, 0.3) is 0 Å². The van der Waals surface area contributed by atoms with Gasteiger partial charge in [0.05, 0.1) is 29.0 Å². The van der Waals surface area contributed by atoms with Gasteiger partial charge in [-0.15, -0.1) is 0 Å². The maximum atomic E-state index is 13.1. The van der Waals surface area contributed by atoms with Crippen LogP contribution >= 0.6 is 15.9 Å². The maximum absolute atomic E-state index is 13.1. The normalized spacial score (nSPS) is 10.3. The first kappa shape index (κ1) is 16.2. The zero-order valence-electron chi connectivity index (χ0n) is 11.5. The zero-order chi connectivity index (χ0) is 15.9. The third-order valence-electron chi connectivity index (χ3n) is 2.52. The molecule has 2 aromatic rings. The van der Waals surface area contributed by atoms with Gasteiger partial charge in [-0.1, -0.05) is 0 Å². The van der Waals surface area contributed by atoms with Crippen LogP contribution in [0.3, 0.4) is 0 Å². The number of primary amides is 1. The van der Waals surface area contributed by atoms with Crippen molar-refractivity contribution in [2.45, 2.75) is 6.42 Å². The second-order valence-electron chi connectivity index (χ2n) is 4.26. The zero-order valence-corrected chi connectivity index (χ0v) is 13.0. The number of carbonyl (C=O) groups excluding carboxylic acids is 1. The van der Waals surface area contributed by atoms with Crippen molar-refractivity contribution in [3.8, 4) is 11.6 Å². The van der Waals surface area contributed by atoms with Gasteiger partial charge in [0.15, 0.2) is 0 Å². The molecule has 1 amide bonds. The Morgan fingerprint density at radius 2 is 2.00 bits per heavy atom. The fourth-order valence-corrected chi connectivity index (χ4v) is 1.93. The highest BCUT2D eigenvalue weighted by molar-refractivity contribution is 9.10. The first-order chi connectivity index (χ1) is 10.5. The highest BCUT2D eigenvalue weighted by Gasteiger charge is 2.04. The number of rotatable bonds is 7. The van der Waals surface area contributed by atoms with E-state index in [0.717, 1.165) is 0 Å². The van der Waals surface area contributed by atoms with Crippen molar-refractivity contribution < 1.29 is 18.7 Å². The van der Waals surface area contributed by atoms with Gasteiger partial charge in [0.1, 0.15) is 24.8 Å². The van der Waals surface area contributed by atoms with Crippen LogP contribution in [-0.2, 0) is 11.2 Å². The van der Waals surface area contributed by atoms with Crippen molar-refractivity contribution in [3.05, 3.63) is 46.6 Å². The minimum absolute atomic E-state index is 0.0317. The van der Waals surface area contributed by atoms with E-state index in [9.17, 15) is 9.18 Å². The van der Waals surface area contributed by atoms with Crippen LogP contribution < -0.4 is 15.2 Å². The Bertz CT molecular complexity index is 652. The summed E-state index contributed by atoms with van der Waals surface area (Å²) in [5, 5.41) is 0. The quantitative estimate of drug-likeness (QED) is 0.752. The number of hydrogen-bond donors (Lipinski definition) is 1. The van der Waals surface area contributed by atoms with Crippen molar-refractivity contribution in [1.82, 2.24) is 9.97 Å². The predicted molar refractivity (Wildman–Crippen MR) is 80.0 cm³/mol. The van der Waals surface area contributed by atoms with Crippen molar-refractivity contribution in [2.75, 3.05) is 13.2 Å². The number of ether oxygens (including phenoxy) is 2. The van der Waals surface area contributed by atoms with Crippen LogP contribution in [0.25, 0.3) is 0 Å². The standard InChI is InChI=1S/C14H13BrFN3O3/c15-11-2-1-9(16)5-12(11)21-3-4-22-14-8-18-10(7-19-14)6-13(17)20/h1-2,5,7-8H,3-4,6H2,(H2,17,20).